The second-order valence-corrected chi connectivity index (χ2v) is 7.78. The Morgan fingerprint density at radius 1 is 1.19 bits per heavy atom. The van der Waals surface area contributed by atoms with Gasteiger partial charge in [-0.2, -0.15) is 4.72 Å². The van der Waals surface area contributed by atoms with E-state index in [0.29, 0.717) is 5.76 Å². The highest BCUT2D eigenvalue weighted by molar-refractivity contribution is 7.89. The highest BCUT2D eigenvalue weighted by Crippen LogP contribution is 2.14. The number of carbonyl (C=O) groups is 2. The predicted molar refractivity (Wildman–Crippen MR) is 96.5 cm³/mol. The molecule has 146 valence electrons. The van der Waals surface area contributed by atoms with E-state index in [1.807, 2.05) is 6.92 Å². The van der Waals surface area contributed by atoms with Crippen LogP contribution < -0.4 is 10.0 Å². The van der Waals surface area contributed by atoms with E-state index in [1.54, 1.807) is 19.9 Å². The Kier molecular flexibility index (Phi) is 6.34. The summed E-state index contributed by atoms with van der Waals surface area (Å²) >= 11 is 0. The fourth-order valence-electron chi connectivity index (χ4n) is 2.06. The average molecular weight is 395 g/mol. The van der Waals surface area contributed by atoms with Crippen LogP contribution in [-0.2, 0) is 24.3 Å². The Labute approximate surface area is 157 Å². The SMILES string of the molecule is Cc1cc(NC(=O)[C@@H](C)OC(=O)CNS(=O)(=O)c2ccc(C)c(C)c2)no1. The zero-order chi connectivity index (χ0) is 20.2. The molecule has 0 bridgehead atoms. The molecule has 0 radical (unpaired) electrons. The van der Waals surface area contributed by atoms with Crippen LogP contribution in [0.5, 0.6) is 0 Å². The molecule has 9 nitrogen and oxygen atoms in total. The smallest absolute Gasteiger partial charge is 0.321 e. The summed E-state index contributed by atoms with van der Waals surface area (Å²) in [5, 5.41) is 6.01. The summed E-state index contributed by atoms with van der Waals surface area (Å²) < 4.78 is 36.4. The summed E-state index contributed by atoms with van der Waals surface area (Å²) in [5.41, 5.74) is 1.77. The predicted octanol–water partition coefficient (Wildman–Crippen LogP) is 1.45. The number of rotatable bonds is 7. The molecule has 2 N–H and O–H groups in total. The summed E-state index contributed by atoms with van der Waals surface area (Å²) in [5.74, 6) is -0.804. The molecule has 0 aliphatic rings. The molecule has 2 rings (SSSR count). The topological polar surface area (TPSA) is 128 Å². The lowest BCUT2D eigenvalue weighted by Crippen LogP contribution is -2.35. The Bertz CT molecular complexity index is 951. The van der Waals surface area contributed by atoms with Crippen LogP contribution in [0.2, 0.25) is 0 Å². The van der Waals surface area contributed by atoms with E-state index < -0.39 is 34.5 Å². The fourth-order valence-corrected chi connectivity index (χ4v) is 3.12. The first-order valence-corrected chi connectivity index (χ1v) is 9.57. The Balaban J connectivity index is 1.88. The van der Waals surface area contributed by atoms with Crippen molar-refractivity contribution in [2.24, 2.45) is 0 Å². The first-order valence-electron chi connectivity index (χ1n) is 8.09. The molecule has 2 aromatic rings. The average Bonchev–Trinajstić information content (AvgIpc) is 3.00. The number of nitrogens with one attached hydrogen (secondary N) is 2. The molecule has 0 saturated heterocycles. The molecule has 0 unspecified atom stereocenters. The summed E-state index contributed by atoms with van der Waals surface area (Å²) in [6.45, 7) is 6.07. The Morgan fingerprint density at radius 2 is 1.89 bits per heavy atom. The normalized spacial score (nSPS) is 12.4. The number of ether oxygens (including phenoxy) is 1. The van der Waals surface area contributed by atoms with Gasteiger partial charge in [-0.15, -0.1) is 0 Å². The zero-order valence-corrected chi connectivity index (χ0v) is 16.2. The highest BCUT2D eigenvalue weighted by Gasteiger charge is 2.21. The van der Waals surface area contributed by atoms with Crippen LogP contribution in [0, 0.1) is 20.8 Å². The van der Waals surface area contributed by atoms with E-state index in [0.717, 1.165) is 11.1 Å². The van der Waals surface area contributed by atoms with E-state index in [9.17, 15) is 18.0 Å². The molecule has 1 aromatic carbocycles. The van der Waals surface area contributed by atoms with Crippen LogP contribution in [0.3, 0.4) is 0 Å². The molecule has 0 saturated carbocycles. The summed E-state index contributed by atoms with van der Waals surface area (Å²) in [6.07, 6.45) is -1.14. The number of carbonyl (C=O) groups excluding carboxylic acids is 2. The third-order valence-corrected chi connectivity index (χ3v) is 5.15. The quantitative estimate of drug-likeness (QED) is 0.679. The van der Waals surface area contributed by atoms with Gasteiger partial charge < -0.3 is 14.6 Å². The lowest BCUT2D eigenvalue weighted by Gasteiger charge is -2.13. The number of nitrogens with zero attached hydrogens (tertiary/aromatic N) is 1. The third kappa shape index (κ3) is 5.63. The lowest BCUT2D eigenvalue weighted by molar-refractivity contribution is -0.151. The maximum Gasteiger partial charge on any atom is 0.321 e. The number of hydrogen-bond acceptors (Lipinski definition) is 7. The zero-order valence-electron chi connectivity index (χ0n) is 15.4. The summed E-state index contributed by atoms with van der Waals surface area (Å²) in [7, 11) is -3.87. The van der Waals surface area contributed by atoms with Crippen molar-refractivity contribution in [3.05, 3.63) is 41.2 Å². The number of sulfonamides is 1. The molecule has 27 heavy (non-hydrogen) atoms. The van der Waals surface area contributed by atoms with Gasteiger partial charge in [0.05, 0.1) is 4.90 Å². The number of aromatic nitrogens is 1. The second-order valence-electron chi connectivity index (χ2n) is 6.01. The van der Waals surface area contributed by atoms with Gasteiger partial charge in [0.15, 0.2) is 11.9 Å². The minimum atomic E-state index is -3.87. The number of esters is 1. The van der Waals surface area contributed by atoms with Crippen LogP contribution in [0.25, 0.3) is 0 Å². The largest absolute Gasteiger partial charge is 0.452 e. The van der Waals surface area contributed by atoms with Gasteiger partial charge in [-0.05, 0) is 51.0 Å². The number of benzene rings is 1. The van der Waals surface area contributed by atoms with E-state index in [4.69, 9.17) is 9.26 Å². The molecule has 0 spiro atoms. The molecule has 0 fully saturated rings. The van der Waals surface area contributed by atoms with Crippen LogP contribution >= 0.6 is 0 Å². The molecule has 0 aliphatic carbocycles. The van der Waals surface area contributed by atoms with Crippen molar-refractivity contribution in [3.63, 3.8) is 0 Å². The first-order chi connectivity index (χ1) is 12.6. The molecular weight excluding hydrogens is 374 g/mol. The monoisotopic (exact) mass is 395 g/mol. The van der Waals surface area contributed by atoms with Crippen molar-refractivity contribution in [2.75, 3.05) is 11.9 Å². The molecule has 1 aromatic heterocycles. The number of hydrogen-bond donors (Lipinski definition) is 2. The van der Waals surface area contributed by atoms with E-state index in [-0.39, 0.29) is 10.7 Å². The van der Waals surface area contributed by atoms with E-state index >= 15 is 0 Å². The van der Waals surface area contributed by atoms with E-state index in [1.165, 1.54) is 25.1 Å². The number of amides is 1. The fraction of sp³-hybridized carbons (Fsp3) is 0.353. The van der Waals surface area contributed by atoms with Crippen molar-refractivity contribution in [2.45, 2.75) is 38.7 Å². The lowest BCUT2D eigenvalue weighted by atomic mass is 10.1. The van der Waals surface area contributed by atoms with Gasteiger partial charge in [-0.25, -0.2) is 8.42 Å². The van der Waals surface area contributed by atoms with E-state index in [2.05, 4.69) is 15.2 Å². The van der Waals surface area contributed by atoms with Crippen LogP contribution in [0.1, 0.15) is 23.8 Å². The highest BCUT2D eigenvalue weighted by atomic mass is 32.2. The standard InChI is InChI=1S/C17H21N3O6S/c1-10-5-6-14(7-11(10)2)27(23,24)18-9-16(21)25-13(4)17(22)19-15-8-12(3)26-20-15/h5-8,13,18H,9H2,1-4H3,(H,19,20,22)/t13-/m1/s1. The van der Waals surface area contributed by atoms with Crippen molar-refractivity contribution < 1.29 is 27.3 Å². The minimum Gasteiger partial charge on any atom is -0.452 e. The van der Waals surface area contributed by atoms with Gasteiger partial charge in [-0.1, -0.05) is 11.2 Å². The minimum absolute atomic E-state index is 0.0468. The van der Waals surface area contributed by atoms with Crippen molar-refractivity contribution >= 4 is 27.7 Å². The maximum absolute atomic E-state index is 12.2. The van der Waals surface area contributed by atoms with Gasteiger partial charge in [0.2, 0.25) is 10.0 Å². The number of aryl methyl sites for hydroxylation is 3. The summed E-state index contributed by atoms with van der Waals surface area (Å²) in [4.78, 5) is 23.8. The maximum atomic E-state index is 12.2. The molecule has 10 heteroatoms. The first kappa shape index (κ1) is 20.6. The molecule has 1 amide bonds. The van der Waals surface area contributed by atoms with Crippen LogP contribution in [0.15, 0.2) is 33.7 Å². The van der Waals surface area contributed by atoms with Crippen LogP contribution in [0.4, 0.5) is 5.82 Å². The molecule has 1 heterocycles. The Hall–Kier alpha value is -2.72. The van der Waals surface area contributed by atoms with Crippen LogP contribution in [-0.4, -0.2) is 38.1 Å². The molecule has 0 aliphatic heterocycles. The third-order valence-electron chi connectivity index (χ3n) is 3.75. The Morgan fingerprint density at radius 3 is 2.48 bits per heavy atom. The summed E-state index contributed by atoms with van der Waals surface area (Å²) in [6, 6.07) is 6.15. The van der Waals surface area contributed by atoms with Gasteiger partial charge in [0.1, 0.15) is 12.3 Å². The second kappa shape index (κ2) is 8.31. The van der Waals surface area contributed by atoms with Crippen molar-refractivity contribution in [1.29, 1.82) is 0 Å². The van der Waals surface area contributed by atoms with Gasteiger partial charge in [0, 0.05) is 6.07 Å². The molecule has 1 atom stereocenters. The van der Waals surface area contributed by atoms with Crippen molar-refractivity contribution in [3.8, 4) is 0 Å². The van der Waals surface area contributed by atoms with Gasteiger partial charge >= 0.3 is 5.97 Å². The van der Waals surface area contributed by atoms with Crippen molar-refractivity contribution in [1.82, 2.24) is 9.88 Å². The van der Waals surface area contributed by atoms with Gasteiger partial charge in [-0.3, -0.25) is 9.59 Å². The molecular formula is C17H21N3O6S. The number of anilines is 1. The van der Waals surface area contributed by atoms with Gasteiger partial charge in [0.25, 0.3) is 5.91 Å².